The Morgan fingerprint density at radius 3 is 2.07 bits per heavy atom. The molecule has 0 aliphatic carbocycles. The predicted molar refractivity (Wildman–Crippen MR) is 106 cm³/mol. The monoisotopic (exact) mass is 409 g/mol. The van der Waals surface area contributed by atoms with E-state index in [1.807, 2.05) is 32.9 Å². The second-order valence-electron chi connectivity index (χ2n) is 5.66. The molecule has 1 aromatic heterocycles. The van der Waals surface area contributed by atoms with Crippen molar-refractivity contribution in [2.45, 2.75) is 31.8 Å². The van der Waals surface area contributed by atoms with E-state index in [4.69, 9.17) is 0 Å². The molecule has 0 spiro atoms. The van der Waals surface area contributed by atoms with E-state index in [0.29, 0.717) is 21.8 Å². The smallest absolute Gasteiger partial charge is 0.238 e. The molecule has 4 nitrogen and oxygen atoms in total. The van der Waals surface area contributed by atoms with Gasteiger partial charge in [-0.25, -0.2) is 13.6 Å². The van der Waals surface area contributed by atoms with E-state index in [2.05, 4.69) is 9.82 Å². The Morgan fingerprint density at radius 1 is 1.00 bits per heavy atom. The van der Waals surface area contributed by atoms with Gasteiger partial charge in [0.05, 0.1) is 16.3 Å². The fraction of sp³-hybridized carbons (Fsp3) is 0.250. The minimum Gasteiger partial charge on any atom is -0.238 e. The summed E-state index contributed by atoms with van der Waals surface area (Å²) in [5, 5.41) is 3.75. The third-order valence-electron chi connectivity index (χ3n) is 3.83. The third-order valence-corrected chi connectivity index (χ3v) is 4.90. The van der Waals surface area contributed by atoms with Crippen molar-refractivity contribution in [1.29, 1.82) is 0 Å². The highest BCUT2D eigenvalue weighted by atomic mass is 32.2. The van der Waals surface area contributed by atoms with Crippen LogP contribution in [0.4, 0.5) is 13.2 Å². The van der Waals surface area contributed by atoms with Gasteiger partial charge in [0.25, 0.3) is 0 Å². The molecule has 150 valence electrons. The molecule has 0 bridgehead atoms. The Morgan fingerprint density at radius 2 is 1.57 bits per heavy atom. The lowest BCUT2D eigenvalue weighted by Gasteiger charge is -2.09. The van der Waals surface area contributed by atoms with E-state index in [9.17, 15) is 17.4 Å². The highest BCUT2D eigenvalue weighted by Gasteiger charge is 2.35. The number of aryl methyl sites for hydroxylation is 1. The second-order valence-corrected chi connectivity index (χ2v) is 7.07. The lowest BCUT2D eigenvalue weighted by molar-refractivity contribution is -0.141. The molecule has 0 aliphatic rings. The molecular weight excluding hydrogens is 387 g/mol. The van der Waals surface area contributed by atoms with Crippen LogP contribution in [-0.4, -0.2) is 21.0 Å². The van der Waals surface area contributed by atoms with Crippen LogP contribution in [0.25, 0.3) is 16.9 Å². The zero-order valence-electron chi connectivity index (χ0n) is 16.0. The van der Waals surface area contributed by atoms with Gasteiger partial charge in [0.15, 0.2) is 5.69 Å². The largest absolute Gasteiger partial charge is 0.435 e. The van der Waals surface area contributed by atoms with Crippen LogP contribution in [0.5, 0.6) is 0 Å². The lowest BCUT2D eigenvalue weighted by atomic mass is 10.1. The zero-order valence-corrected chi connectivity index (χ0v) is 16.9. The van der Waals surface area contributed by atoms with E-state index >= 15 is 0 Å². The van der Waals surface area contributed by atoms with Gasteiger partial charge in [0.2, 0.25) is 0 Å². The summed E-state index contributed by atoms with van der Waals surface area (Å²) < 4.78 is 55.1. The summed E-state index contributed by atoms with van der Waals surface area (Å²) in [6.45, 7) is 5.91. The molecule has 8 heteroatoms. The van der Waals surface area contributed by atoms with Crippen molar-refractivity contribution in [1.82, 2.24) is 14.5 Å². The van der Waals surface area contributed by atoms with Crippen LogP contribution in [0.15, 0.2) is 59.5 Å². The van der Waals surface area contributed by atoms with Crippen LogP contribution in [0.3, 0.4) is 0 Å². The number of benzene rings is 2. The van der Waals surface area contributed by atoms with Crippen molar-refractivity contribution in [3.63, 3.8) is 0 Å². The van der Waals surface area contributed by atoms with Gasteiger partial charge in [-0.1, -0.05) is 43.7 Å². The van der Waals surface area contributed by atoms with Crippen LogP contribution in [0.1, 0.15) is 25.1 Å². The molecule has 3 rings (SSSR count). The number of hydrogen-bond acceptors (Lipinski definition) is 2. The molecular formula is C20H22F3N3OS. The van der Waals surface area contributed by atoms with Crippen molar-refractivity contribution < 1.29 is 17.4 Å². The molecule has 1 N–H and O–H groups in total. The second kappa shape index (κ2) is 9.16. The molecule has 1 heterocycles. The Kier molecular flexibility index (Phi) is 7.15. The van der Waals surface area contributed by atoms with Gasteiger partial charge in [-0.05, 0) is 44.3 Å². The molecule has 28 heavy (non-hydrogen) atoms. The molecule has 3 aromatic rings. The Bertz CT molecular complexity index is 933. The molecule has 0 saturated carbocycles. The summed E-state index contributed by atoms with van der Waals surface area (Å²) in [6.07, 6.45) is -4.54. The molecule has 1 atom stereocenters. The van der Waals surface area contributed by atoms with Crippen LogP contribution >= 0.6 is 0 Å². The minimum absolute atomic E-state index is 0.333. The summed E-state index contributed by atoms with van der Waals surface area (Å²) in [5.74, 6) is 0. The highest BCUT2D eigenvalue weighted by molar-refractivity contribution is 7.83. The summed E-state index contributed by atoms with van der Waals surface area (Å²) in [6, 6.07) is 14.6. The van der Waals surface area contributed by atoms with Gasteiger partial charge in [-0.15, -0.1) is 0 Å². The van der Waals surface area contributed by atoms with Crippen molar-refractivity contribution in [2.75, 3.05) is 7.05 Å². The number of nitrogens with zero attached hydrogens (tertiary/aromatic N) is 2. The first kappa shape index (κ1) is 21.8. The minimum atomic E-state index is -4.54. The first-order valence-corrected chi connectivity index (χ1v) is 9.88. The van der Waals surface area contributed by atoms with Crippen molar-refractivity contribution in [2.24, 2.45) is 0 Å². The fourth-order valence-corrected chi connectivity index (χ4v) is 3.09. The van der Waals surface area contributed by atoms with Crippen LogP contribution in [0.2, 0.25) is 0 Å². The zero-order chi connectivity index (χ0) is 20.9. The van der Waals surface area contributed by atoms with Crippen molar-refractivity contribution in [3.05, 3.63) is 65.9 Å². The van der Waals surface area contributed by atoms with Crippen molar-refractivity contribution >= 4 is 11.0 Å². The van der Waals surface area contributed by atoms with Crippen molar-refractivity contribution in [3.8, 4) is 16.9 Å². The van der Waals surface area contributed by atoms with E-state index in [-0.39, 0.29) is 0 Å². The summed E-state index contributed by atoms with van der Waals surface area (Å²) >= 11 is 0. The Hall–Kier alpha value is -2.45. The van der Waals surface area contributed by atoms with E-state index < -0.39 is 22.9 Å². The highest BCUT2D eigenvalue weighted by Crippen LogP contribution is 2.33. The number of nitrogens with one attached hydrogen (secondary N) is 1. The molecule has 0 fully saturated rings. The van der Waals surface area contributed by atoms with Crippen LogP contribution in [0, 0.1) is 6.92 Å². The number of halogens is 3. The van der Waals surface area contributed by atoms with Crippen LogP contribution in [-0.2, 0) is 17.2 Å². The maximum atomic E-state index is 13.2. The topological polar surface area (TPSA) is 46.9 Å². The predicted octanol–water partition coefficient (Wildman–Crippen LogP) is 5.13. The first-order valence-electron chi connectivity index (χ1n) is 8.73. The van der Waals surface area contributed by atoms with Crippen LogP contribution < -0.4 is 4.72 Å². The first-order chi connectivity index (χ1) is 13.3. The number of rotatable bonds is 4. The average molecular weight is 409 g/mol. The molecule has 1 unspecified atom stereocenters. The third kappa shape index (κ3) is 4.88. The standard InChI is InChI=1S/C18H16F3N3OS.C2H6/c1-12-3-5-13(6-4-12)16-11-17(18(19,20)21)23-24(16)14-7-9-15(10-8-14)26(25)22-2;1-2/h3-11,22H,1-2H3;1-2H3. The molecule has 0 radical (unpaired) electrons. The van der Waals surface area contributed by atoms with Gasteiger partial charge < -0.3 is 0 Å². The van der Waals surface area contributed by atoms with Gasteiger partial charge in [0.1, 0.15) is 11.0 Å². The van der Waals surface area contributed by atoms with Gasteiger partial charge in [-0.3, -0.25) is 0 Å². The van der Waals surface area contributed by atoms with Gasteiger partial charge in [0, 0.05) is 5.56 Å². The maximum absolute atomic E-state index is 13.2. The number of hydrogen-bond donors (Lipinski definition) is 1. The summed E-state index contributed by atoms with van der Waals surface area (Å²) in [5.41, 5.74) is 1.46. The number of aromatic nitrogens is 2. The number of alkyl halides is 3. The lowest BCUT2D eigenvalue weighted by Crippen LogP contribution is -2.10. The average Bonchev–Trinajstić information content (AvgIpc) is 3.15. The molecule has 2 aromatic carbocycles. The Balaban J connectivity index is 0.00000136. The van der Waals surface area contributed by atoms with E-state index in [1.54, 1.807) is 43.4 Å². The van der Waals surface area contributed by atoms with E-state index in [0.717, 1.165) is 11.6 Å². The summed E-state index contributed by atoms with van der Waals surface area (Å²) in [7, 11) is 0.191. The molecule has 0 aliphatic heterocycles. The fourth-order valence-electron chi connectivity index (χ4n) is 2.48. The molecule has 0 amide bonds. The normalized spacial score (nSPS) is 12.2. The maximum Gasteiger partial charge on any atom is 0.435 e. The summed E-state index contributed by atoms with van der Waals surface area (Å²) in [4.78, 5) is 0.524. The Labute approximate surface area is 165 Å². The quantitative estimate of drug-likeness (QED) is 0.649. The SMILES string of the molecule is CC.CNS(=O)c1ccc(-n2nc(C(F)(F)F)cc2-c2ccc(C)cc2)cc1. The van der Waals surface area contributed by atoms with Gasteiger partial charge >= 0.3 is 6.18 Å². The van der Waals surface area contributed by atoms with E-state index in [1.165, 1.54) is 4.68 Å². The molecule has 0 saturated heterocycles. The van der Waals surface area contributed by atoms with Gasteiger partial charge in [-0.2, -0.15) is 18.3 Å².